The zero-order chi connectivity index (χ0) is 20.1. The quantitative estimate of drug-likeness (QED) is 0.486. The largest absolute Gasteiger partial charge is 0.383 e. The van der Waals surface area contributed by atoms with Gasteiger partial charge in [-0.3, -0.25) is 4.79 Å². The van der Waals surface area contributed by atoms with E-state index in [-0.39, 0.29) is 11.8 Å². The first kappa shape index (κ1) is 20.7. The predicted octanol–water partition coefficient (Wildman–Crippen LogP) is 5.32. The highest BCUT2D eigenvalue weighted by Gasteiger charge is 2.22. The van der Waals surface area contributed by atoms with E-state index in [1.165, 1.54) is 5.56 Å². The van der Waals surface area contributed by atoms with E-state index >= 15 is 0 Å². The molecule has 28 heavy (non-hydrogen) atoms. The smallest absolute Gasteiger partial charge is 0.221 e. The monoisotopic (exact) mass is 418 g/mol. The Kier molecular flexibility index (Phi) is 7.00. The van der Waals surface area contributed by atoms with Gasteiger partial charge in [0, 0.05) is 43.1 Å². The summed E-state index contributed by atoms with van der Waals surface area (Å²) in [5.41, 5.74) is 4.40. The molecule has 1 heterocycles. The molecule has 0 aliphatic heterocycles. The van der Waals surface area contributed by atoms with E-state index in [0.29, 0.717) is 29.6 Å². The van der Waals surface area contributed by atoms with Crippen LogP contribution >= 0.6 is 23.2 Å². The van der Waals surface area contributed by atoms with Crippen molar-refractivity contribution in [2.24, 2.45) is 0 Å². The number of benzene rings is 2. The molecular formula is C22H24Cl2N2O2. The van der Waals surface area contributed by atoms with Crippen molar-refractivity contribution in [1.82, 2.24) is 10.3 Å². The molecule has 1 amide bonds. The van der Waals surface area contributed by atoms with Crippen molar-refractivity contribution < 1.29 is 9.53 Å². The molecule has 6 heteroatoms. The Bertz CT molecular complexity index is 968. The number of halogens is 2. The zero-order valence-electron chi connectivity index (χ0n) is 16.0. The number of H-pyrrole nitrogens is 1. The van der Waals surface area contributed by atoms with Crippen LogP contribution in [0.15, 0.2) is 42.6 Å². The molecule has 0 bridgehead atoms. The van der Waals surface area contributed by atoms with Crippen molar-refractivity contribution in [2.75, 3.05) is 20.3 Å². The summed E-state index contributed by atoms with van der Waals surface area (Å²) in [5, 5.41) is 5.02. The summed E-state index contributed by atoms with van der Waals surface area (Å²) in [6.45, 7) is 3.10. The van der Waals surface area contributed by atoms with Crippen molar-refractivity contribution in [3.63, 3.8) is 0 Å². The normalized spacial score (nSPS) is 12.3. The van der Waals surface area contributed by atoms with Crippen LogP contribution in [0.2, 0.25) is 10.0 Å². The number of carbonyl (C=O) groups excluding carboxylic acids is 1. The first-order valence-corrected chi connectivity index (χ1v) is 10.1. The van der Waals surface area contributed by atoms with E-state index in [9.17, 15) is 4.79 Å². The van der Waals surface area contributed by atoms with Crippen LogP contribution in [-0.2, 0) is 16.0 Å². The van der Waals surface area contributed by atoms with Crippen molar-refractivity contribution in [3.8, 4) is 0 Å². The van der Waals surface area contributed by atoms with Gasteiger partial charge >= 0.3 is 0 Å². The first-order valence-electron chi connectivity index (χ1n) is 9.34. The summed E-state index contributed by atoms with van der Waals surface area (Å²) in [6, 6.07) is 11.8. The minimum atomic E-state index is -0.141. The second-order valence-electron chi connectivity index (χ2n) is 6.71. The predicted molar refractivity (Wildman–Crippen MR) is 115 cm³/mol. The summed E-state index contributed by atoms with van der Waals surface area (Å²) in [5.74, 6) is -0.174. The topological polar surface area (TPSA) is 54.1 Å². The molecule has 0 fully saturated rings. The van der Waals surface area contributed by atoms with E-state index in [2.05, 4.69) is 35.4 Å². The molecule has 4 nitrogen and oxygen atoms in total. The maximum atomic E-state index is 12.6. The number of amides is 1. The highest BCUT2D eigenvalue weighted by Crippen LogP contribution is 2.36. The Labute approximate surface area is 175 Å². The average Bonchev–Trinajstić information content (AvgIpc) is 3.12. The fourth-order valence-corrected chi connectivity index (χ4v) is 3.81. The second-order valence-corrected chi connectivity index (χ2v) is 7.52. The molecule has 3 rings (SSSR count). The average molecular weight is 419 g/mol. The number of fused-ring (bicyclic) bond motifs is 1. The van der Waals surface area contributed by atoms with E-state index < -0.39 is 0 Å². The van der Waals surface area contributed by atoms with Crippen LogP contribution in [0.25, 0.3) is 10.9 Å². The minimum Gasteiger partial charge on any atom is -0.383 e. The molecular weight excluding hydrogens is 395 g/mol. The molecule has 1 atom stereocenters. The number of para-hydroxylation sites is 1. The molecule has 148 valence electrons. The molecule has 0 aliphatic carbocycles. The fourth-order valence-electron chi connectivity index (χ4n) is 3.51. The van der Waals surface area contributed by atoms with E-state index in [0.717, 1.165) is 28.5 Å². The summed E-state index contributed by atoms with van der Waals surface area (Å²) >= 11 is 12.4. The summed E-state index contributed by atoms with van der Waals surface area (Å²) < 4.78 is 5.01. The Balaban J connectivity index is 2.01. The molecule has 1 unspecified atom stereocenters. The number of methoxy groups -OCH3 is 1. The van der Waals surface area contributed by atoms with Gasteiger partial charge in [-0.25, -0.2) is 0 Å². The third-order valence-corrected chi connectivity index (χ3v) is 5.69. The standard InChI is InChI=1S/C22H24Cl2N2O2/c1-3-14-5-4-6-16-18(13-26-22(14)16)17(12-21(27)25-9-10-28-2)15-7-8-19(23)20(24)11-15/h4-8,11,13,17,26H,3,9-10,12H2,1-2H3,(H,25,27). The summed E-state index contributed by atoms with van der Waals surface area (Å²) in [6.07, 6.45) is 3.25. The number of hydrogen-bond donors (Lipinski definition) is 2. The van der Waals surface area contributed by atoms with E-state index in [1.54, 1.807) is 13.2 Å². The number of rotatable bonds is 8. The van der Waals surface area contributed by atoms with Crippen LogP contribution in [0.1, 0.15) is 36.0 Å². The Hall–Kier alpha value is -2.01. The van der Waals surface area contributed by atoms with Gasteiger partial charge in [0.2, 0.25) is 5.91 Å². The minimum absolute atomic E-state index is 0.0332. The van der Waals surface area contributed by atoms with Gasteiger partial charge in [0.15, 0.2) is 0 Å². The molecule has 2 N–H and O–H groups in total. The second kappa shape index (κ2) is 9.46. The van der Waals surface area contributed by atoms with Crippen LogP contribution in [0, 0.1) is 0 Å². The number of aromatic amines is 1. The van der Waals surface area contributed by atoms with E-state index in [4.69, 9.17) is 27.9 Å². The maximum Gasteiger partial charge on any atom is 0.221 e. The van der Waals surface area contributed by atoms with Crippen LogP contribution in [0.3, 0.4) is 0 Å². The van der Waals surface area contributed by atoms with Crippen molar-refractivity contribution in [3.05, 3.63) is 69.3 Å². The number of aryl methyl sites for hydroxylation is 1. The Morgan fingerprint density at radius 2 is 2.04 bits per heavy atom. The van der Waals surface area contributed by atoms with Crippen LogP contribution in [0.4, 0.5) is 0 Å². The van der Waals surface area contributed by atoms with Gasteiger partial charge in [0.1, 0.15) is 0 Å². The van der Waals surface area contributed by atoms with Crippen LogP contribution < -0.4 is 5.32 Å². The van der Waals surface area contributed by atoms with Crippen LogP contribution in [-0.4, -0.2) is 31.2 Å². The molecule has 0 aliphatic rings. The lowest BCUT2D eigenvalue weighted by molar-refractivity contribution is -0.121. The molecule has 0 radical (unpaired) electrons. The molecule has 0 saturated heterocycles. The molecule has 2 aromatic carbocycles. The van der Waals surface area contributed by atoms with Crippen molar-refractivity contribution >= 4 is 40.0 Å². The van der Waals surface area contributed by atoms with Crippen molar-refractivity contribution in [1.29, 1.82) is 0 Å². The Morgan fingerprint density at radius 3 is 2.75 bits per heavy atom. The lowest BCUT2D eigenvalue weighted by Gasteiger charge is -2.18. The number of nitrogens with one attached hydrogen (secondary N) is 2. The SMILES string of the molecule is CCc1cccc2c(C(CC(=O)NCCOC)c3ccc(Cl)c(Cl)c3)c[nH]c12. The van der Waals surface area contributed by atoms with Crippen LogP contribution in [0.5, 0.6) is 0 Å². The third kappa shape index (κ3) is 4.52. The van der Waals surface area contributed by atoms with Gasteiger partial charge in [-0.05, 0) is 35.2 Å². The molecule has 0 spiro atoms. The number of ether oxygens (including phenoxy) is 1. The van der Waals surface area contributed by atoms with E-state index in [1.807, 2.05) is 18.3 Å². The first-order chi connectivity index (χ1) is 13.5. The summed E-state index contributed by atoms with van der Waals surface area (Å²) in [4.78, 5) is 16.0. The lowest BCUT2D eigenvalue weighted by atomic mass is 9.87. The number of aromatic nitrogens is 1. The van der Waals surface area contributed by atoms with Crippen molar-refractivity contribution in [2.45, 2.75) is 25.7 Å². The molecule has 1 aromatic heterocycles. The Morgan fingerprint density at radius 1 is 1.21 bits per heavy atom. The zero-order valence-corrected chi connectivity index (χ0v) is 17.5. The number of hydrogen-bond acceptors (Lipinski definition) is 2. The van der Waals surface area contributed by atoms with Gasteiger partial charge < -0.3 is 15.0 Å². The van der Waals surface area contributed by atoms with Gasteiger partial charge in [-0.15, -0.1) is 0 Å². The maximum absolute atomic E-state index is 12.6. The van der Waals surface area contributed by atoms with Gasteiger partial charge in [0.25, 0.3) is 0 Å². The highest BCUT2D eigenvalue weighted by molar-refractivity contribution is 6.42. The van der Waals surface area contributed by atoms with Gasteiger partial charge in [0.05, 0.1) is 16.7 Å². The summed E-state index contributed by atoms with van der Waals surface area (Å²) in [7, 11) is 1.61. The molecule has 0 saturated carbocycles. The third-order valence-electron chi connectivity index (χ3n) is 4.95. The highest BCUT2D eigenvalue weighted by atomic mass is 35.5. The lowest BCUT2D eigenvalue weighted by Crippen LogP contribution is -2.28. The van der Waals surface area contributed by atoms with Gasteiger partial charge in [-0.2, -0.15) is 0 Å². The fraction of sp³-hybridized carbons (Fsp3) is 0.318. The number of carbonyl (C=O) groups is 1. The molecule has 3 aromatic rings. The van der Waals surface area contributed by atoms with Gasteiger partial charge in [-0.1, -0.05) is 54.4 Å².